The average Bonchev–Trinajstić information content (AvgIpc) is 2.63. The SMILES string of the molecule is COc1cc(OC)c(CCNC(=O)c2ccc(Br)c(F)c2)c(OC)c1. The predicted molar refractivity (Wildman–Crippen MR) is 96.2 cm³/mol. The van der Waals surface area contributed by atoms with Crippen molar-refractivity contribution in [2.45, 2.75) is 6.42 Å². The Bertz CT molecular complexity index is 742. The van der Waals surface area contributed by atoms with Gasteiger partial charge in [-0.05, 0) is 40.5 Å². The highest BCUT2D eigenvalue weighted by atomic mass is 79.9. The predicted octanol–water partition coefficient (Wildman–Crippen LogP) is 3.59. The number of amides is 1. The van der Waals surface area contributed by atoms with Gasteiger partial charge in [0.15, 0.2) is 0 Å². The molecule has 7 heteroatoms. The summed E-state index contributed by atoms with van der Waals surface area (Å²) in [6, 6.07) is 7.75. The van der Waals surface area contributed by atoms with Crippen molar-refractivity contribution >= 4 is 21.8 Å². The number of carbonyl (C=O) groups is 1. The summed E-state index contributed by atoms with van der Waals surface area (Å²) < 4.78 is 29.8. The van der Waals surface area contributed by atoms with E-state index < -0.39 is 5.82 Å². The summed E-state index contributed by atoms with van der Waals surface area (Å²) in [5, 5.41) is 2.76. The minimum Gasteiger partial charge on any atom is -0.496 e. The molecule has 0 aliphatic heterocycles. The molecule has 2 aromatic carbocycles. The van der Waals surface area contributed by atoms with Crippen molar-refractivity contribution in [2.75, 3.05) is 27.9 Å². The molecule has 0 radical (unpaired) electrons. The zero-order chi connectivity index (χ0) is 18.4. The number of rotatable bonds is 7. The Labute approximate surface area is 154 Å². The Morgan fingerprint density at radius 3 is 2.24 bits per heavy atom. The third-order valence-electron chi connectivity index (χ3n) is 3.66. The van der Waals surface area contributed by atoms with Crippen LogP contribution in [0.4, 0.5) is 4.39 Å². The van der Waals surface area contributed by atoms with Gasteiger partial charge in [0.25, 0.3) is 5.91 Å². The fourth-order valence-electron chi connectivity index (χ4n) is 2.36. The highest BCUT2D eigenvalue weighted by molar-refractivity contribution is 9.10. The van der Waals surface area contributed by atoms with Crippen molar-refractivity contribution in [1.82, 2.24) is 5.32 Å². The Kier molecular flexibility index (Phi) is 6.64. The molecule has 0 bridgehead atoms. The number of methoxy groups -OCH3 is 3. The monoisotopic (exact) mass is 411 g/mol. The van der Waals surface area contributed by atoms with Crippen LogP contribution < -0.4 is 19.5 Å². The number of halogens is 2. The van der Waals surface area contributed by atoms with Crippen LogP contribution in [0.1, 0.15) is 15.9 Å². The topological polar surface area (TPSA) is 56.8 Å². The van der Waals surface area contributed by atoms with E-state index in [1.807, 2.05) is 0 Å². The summed E-state index contributed by atoms with van der Waals surface area (Å²) in [5.41, 5.74) is 1.07. The van der Waals surface area contributed by atoms with Gasteiger partial charge in [-0.3, -0.25) is 4.79 Å². The van der Waals surface area contributed by atoms with Gasteiger partial charge < -0.3 is 19.5 Å². The fourth-order valence-corrected chi connectivity index (χ4v) is 2.61. The van der Waals surface area contributed by atoms with Gasteiger partial charge in [-0.1, -0.05) is 0 Å². The molecule has 25 heavy (non-hydrogen) atoms. The lowest BCUT2D eigenvalue weighted by Crippen LogP contribution is -2.26. The Balaban J connectivity index is 2.08. The first-order chi connectivity index (χ1) is 12.0. The molecule has 134 valence electrons. The smallest absolute Gasteiger partial charge is 0.251 e. The van der Waals surface area contributed by atoms with Gasteiger partial charge in [-0.2, -0.15) is 0 Å². The third kappa shape index (κ3) is 4.63. The number of benzene rings is 2. The minimum absolute atomic E-state index is 0.259. The standard InChI is InChI=1S/C18H19BrFNO4/c1-23-12-9-16(24-2)13(17(10-12)25-3)6-7-21-18(22)11-4-5-14(19)15(20)8-11/h4-5,8-10H,6-7H2,1-3H3,(H,21,22). The van der Waals surface area contributed by atoms with Crippen LogP contribution in [0.5, 0.6) is 17.2 Å². The Hall–Kier alpha value is -2.28. The first-order valence-corrected chi connectivity index (χ1v) is 8.31. The minimum atomic E-state index is -0.480. The molecule has 1 N–H and O–H groups in total. The lowest BCUT2D eigenvalue weighted by Gasteiger charge is -2.15. The Morgan fingerprint density at radius 1 is 1.08 bits per heavy atom. The van der Waals surface area contributed by atoms with Gasteiger partial charge in [-0.15, -0.1) is 0 Å². The molecule has 0 unspecified atom stereocenters. The molecule has 5 nitrogen and oxygen atoms in total. The molecule has 0 aliphatic rings. The first kappa shape index (κ1) is 19.1. The van der Waals surface area contributed by atoms with Gasteiger partial charge in [0.1, 0.15) is 23.1 Å². The summed E-state index contributed by atoms with van der Waals surface area (Å²) in [6.07, 6.45) is 0.487. The van der Waals surface area contributed by atoms with Crippen LogP contribution in [0.3, 0.4) is 0 Å². The van der Waals surface area contributed by atoms with Crippen molar-refractivity contribution in [2.24, 2.45) is 0 Å². The summed E-state index contributed by atoms with van der Waals surface area (Å²) >= 11 is 3.06. The molecule has 0 aromatic heterocycles. The summed E-state index contributed by atoms with van der Waals surface area (Å²) in [7, 11) is 4.67. The normalized spacial score (nSPS) is 10.3. The van der Waals surface area contributed by atoms with E-state index in [-0.39, 0.29) is 11.5 Å². The molecule has 0 heterocycles. The second-order valence-corrected chi connectivity index (χ2v) is 6.00. The molecule has 0 saturated carbocycles. The largest absolute Gasteiger partial charge is 0.496 e. The van der Waals surface area contributed by atoms with E-state index in [0.29, 0.717) is 34.7 Å². The highest BCUT2D eigenvalue weighted by Gasteiger charge is 2.14. The molecular formula is C18H19BrFNO4. The quantitative estimate of drug-likeness (QED) is 0.756. The van der Waals surface area contributed by atoms with Crippen molar-refractivity contribution in [3.8, 4) is 17.2 Å². The van der Waals surface area contributed by atoms with E-state index >= 15 is 0 Å². The fraction of sp³-hybridized carbons (Fsp3) is 0.278. The second-order valence-electron chi connectivity index (χ2n) is 5.15. The third-order valence-corrected chi connectivity index (χ3v) is 4.30. The maximum atomic E-state index is 13.5. The molecule has 2 aromatic rings. The van der Waals surface area contributed by atoms with Gasteiger partial charge >= 0.3 is 0 Å². The first-order valence-electron chi connectivity index (χ1n) is 7.52. The van der Waals surface area contributed by atoms with Gasteiger partial charge in [0.2, 0.25) is 0 Å². The van der Waals surface area contributed by atoms with Gasteiger partial charge in [-0.25, -0.2) is 4.39 Å². The maximum Gasteiger partial charge on any atom is 0.251 e. The van der Waals surface area contributed by atoms with Crippen molar-refractivity contribution < 1.29 is 23.4 Å². The van der Waals surface area contributed by atoms with Crippen LogP contribution in [-0.4, -0.2) is 33.8 Å². The number of hydrogen-bond acceptors (Lipinski definition) is 4. The van der Waals surface area contributed by atoms with E-state index in [2.05, 4.69) is 21.2 Å². The van der Waals surface area contributed by atoms with Crippen molar-refractivity contribution in [3.05, 3.63) is 51.7 Å². The number of hydrogen-bond donors (Lipinski definition) is 1. The molecule has 0 fully saturated rings. The van der Waals surface area contributed by atoms with E-state index in [9.17, 15) is 9.18 Å². The summed E-state index contributed by atoms with van der Waals surface area (Å²) in [6.45, 7) is 0.343. The lowest BCUT2D eigenvalue weighted by molar-refractivity contribution is 0.0953. The van der Waals surface area contributed by atoms with Crippen LogP contribution in [0, 0.1) is 5.82 Å². The molecule has 2 rings (SSSR count). The molecule has 0 aliphatic carbocycles. The number of nitrogens with one attached hydrogen (secondary N) is 1. The molecule has 1 amide bonds. The lowest BCUT2D eigenvalue weighted by atomic mass is 10.1. The average molecular weight is 412 g/mol. The zero-order valence-corrected chi connectivity index (χ0v) is 15.8. The van der Waals surface area contributed by atoms with Crippen LogP contribution in [0.2, 0.25) is 0 Å². The molecule has 0 atom stereocenters. The van der Waals surface area contributed by atoms with Gasteiger partial charge in [0, 0.05) is 29.8 Å². The van der Waals surface area contributed by atoms with E-state index in [4.69, 9.17) is 14.2 Å². The van der Waals surface area contributed by atoms with Gasteiger partial charge in [0.05, 0.1) is 25.8 Å². The van der Waals surface area contributed by atoms with Crippen LogP contribution >= 0.6 is 15.9 Å². The van der Waals surface area contributed by atoms with Crippen molar-refractivity contribution in [1.29, 1.82) is 0 Å². The number of ether oxygens (including phenoxy) is 3. The Morgan fingerprint density at radius 2 is 1.72 bits per heavy atom. The zero-order valence-electron chi connectivity index (χ0n) is 14.2. The molecule has 0 spiro atoms. The van der Waals surface area contributed by atoms with E-state index in [0.717, 1.165) is 5.56 Å². The van der Waals surface area contributed by atoms with Crippen molar-refractivity contribution in [3.63, 3.8) is 0 Å². The maximum absolute atomic E-state index is 13.5. The molecule has 0 saturated heterocycles. The second kappa shape index (κ2) is 8.71. The van der Waals surface area contributed by atoms with Crippen LogP contribution in [0.25, 0.3) is 0 Å². The van der Waals surface area contributed by atoms with E-state index in [1.54, 1.807) is 39.5 Å². The summed E-state index contributed by atoms with van der Waals surface area (Å²) in [4.78, 5) is 12.1. The number of carbonyl (C=O) groups excluding carboxylic acids is 1. The van der Waals surface area contributed by atoms with E-state index in [1.165, 1.54) is 12.1 Å². The highest BCUT2D eigenvalue weighted by Crippen LogP contribution is 2.34. The molecular weight excluding hydrogens is 393 g/mol. The van der Waals surface area contributed by atoms with Crippen LogP contribution in [0.15, 0.2) is 34.8 Å². The summed E-state index contributed by atoms with van der Waals surface area (Å²) in [5.74, 6) is 1.01. The van der Waals surface area contributed by atoms with Crippen LogP contribution in [-0.2, 0) is 6.42 Å².